The second-order valence-corrected chi connectivity index (χ2v) is 6.65. The molecule has 1 heterocycles. The van der Waals surface area contributed by atoms with Gasteiger partial charge < -0.3 is 9.73 Å². The van der Waals surface area contributed by atoms with E-state index in [0.29, 0.717) is 18.0 Å². The van der Waals surface area contributed by atoms with Crippen molar-refractivity contribution in [2.75, 3.05) is 0 Å². The number of benzene rings is 1. The molecule has 0 saturated heterocycles. The minimum absolute atomic E-state index is 0.000661. The Balaban J connectivity index is 2.13. The Morgan fingerprint density at radius 1 is 1.27 bits per heavy atom. The summed E-state index contributed by atoms with van der Waals surface area (Å²) in [6.45, 7) is 8.37. The summed E-state index contributed by atoms with van der Waals surface area (Å²) >= 11 is 0. The molecule has 0 saturated carbocycles. The molecule has 1 atom stereocenters. The lowest BCUT2D eigenvalue weighted by Gasteiger charge is -2.27. The third-order valence-corrected chi connectivity index (χ3v) is 4.15. The van der Waals surface area contributed by atoms with Crippen molar-refractivity contribution in [3.8, 4) is 0 Å². The summed E-state index contributed by atoms with van der Waals surface area (Å²) in [7, 11) is 0. The zero-order chi connectivity index (χ0) is 19.3. The van der Waals surface area contributed by atoms with E-state index in [2.05, 4.69) is 10.3 Å². The van der Waals surface area contributed by atoms with Gasteiger partial charge in [0.05, 0.1) is 6.54 Å². The number of hydrogen-bond donors (Lipinski definition) is 1. The first-order valence-electron chi connectivity index (χ1n) is 8.73. The SMILES string of the molecule is CCC(C)N(Cc1nc(C(=O)NC(C)C)co1)Cc1ccc(F)cc1F. The molecule has 7 heteroatoms. The van der Waals surface area contributed by atoms with Gasteiger partial charge >= 0.3 is 0 Å². The van der Waals surface area contributed by atoms with E-state index in [1.807, 2.05) is 32.6 Å². The van der Waals surface area contributed by atoms with Crippen molar-refractivity contribution < 1.29 is 18.0 Å². The second-order valence-electron chi connectivity index (χ2n) is 6.65. The van der Waals surface area contributed by atoms with Crippen molar-refractivity contribution in [3.05, 3.63) is 53.2 Å². The molecular weight excluding hydrogens is 340 g/mol. The maximum Gasteiger partial charge on any atom is 0.273 e. The van der Waals surface area contributed by atoms with Gasteiger partial charge in [-0.2, -0.15) is 0 Å². The van der Waals surface area contributed by atoms with Gasteiger partial charge in [-0.05, 0) is 33.3 Å². The minimum atomic E-state index is -0.602. The lowest BCUT2D eigenvalue weighted by Crippen LogP contribution is -2.32. The molecule has 0 aliphatic heterocycles. The van der Waals surface area contributed by atoms with Crippen LogP contribution in [-0.4, -0.2) is 27.9 Å². The van der Waals surface area contributed by atoms with Crippen LogP contribution >= 0.6 is 0 Å². The monoisotopic (exact) mass is 365 g/mol. The summed E-state index contributed by atoms with van der Waals surface area (Å²) in [5.74, 6) is -1.10. The Labute approximate surface area is 152 Å². The van der Waals surface area contributed by atoms with Crippen molar-refractivity contribution in [1.82, 2.24) is 15.2 Å². The first-order valence-corrected chi connectivity index (χ1v) is 8.73. The highest BCUT2D eigenvalue weighted by Crippen LogP contribution is 2.18. The third-order valence-electron chi connectivity index (χ3n) is 4.15. The smallest absolute Gasteiger partial charge is 0.273 e. The van der Waals surface area contributed by atoms with E-state index in [-0.39, 0.29) is 30.2 Å². The minimum Gasteiger partial charge on any atom is -0.447 e. The molecule has 0 aliphatic carbocycles. The summed E-state index contributed by atoms with van der Waals surface area (Å²) in [6.07, 6.45) is 2.16. The summed E-state index contributed by atoms with van der Waals surface area (Å²) < 4.78 is 32.5. The topological polar surface area (TPSA) is 58.4 Å². The van der Waals surface area contributed by atoms with Crippen molar-refractivity contribution >= 4 is 5.91 Å². The number of oxazole rings is 1. The number of carbonyl (C=O) groups excluding carboxylic acids is 1. The highest BCUT2D eigenvalue weighted by atomic mass is 19.1. The summed E-state index contributed by atoms with van der Waals surface area (Å²) in [5, 5.41) is 2.75. The van der Waals surface area contributed by atoms with E-state index in [9.17, 15) is 13.6 Å². The molecule has 0 spiro atoms. The Kier molecular flexibility index (Phi) is 6.85. The molecule has 2 aromatic rings. The number of halogens is 2. The molecular formula is C19H25F2N3O2. The van der Waals surface area contributed by atoms with Gasteiger partial charge in [-0.25, -0.2) is 13.8 Å². The predicted molar refractivity (Wildman–Crippen MR) is 94.5 cm³/mol. The third kappa shape index (κ3) is 5.36. The quantitative estimate of drug-likeness (QED) is 0.771. The Bertz CT molecular complexity index is 746. The lowest BCUT2D eigenvalue weighted by atomic mass is 10.1. The average Bonchev–Trinajstić information content (AvgIpc) is 3.04. The zero-order valence-corrected chi connectivity index (χ0v) is 15.6. The molecule has 0 fully saturated rings. The molecule has 1 amide bonds. The first-order chi connectivity index (χ1) is 12.3. The van der Waals surface area contributed by atoms with Crippen LogP contribution in [0.1, 0.15) is 56.1 Å². The second kappa shape index (κ2) is 8.89. The molecule has 5 nitrogen and oxygen atoms in total. The number of nitrogens with zero attached hydrogens (tertiary/aromatic N) is 2. The van der Waals surface area contributed by atoms with Crippen LogP contribution < -0.4 is 5.32 Å². The van der Waals surface area contributed by atoms with Gasteiger partial charge in [-0.15, -0.1) is 0 Å². The molecule has 0 aliphatic rings. The van der Waals surface area contributed by atoms with Crippen molar-refractivity contribution in [3.63, 3.8) is 0 Å². The van der Waals surface area contributed by atoms with Gasteiger partial charge in [0.15, 0.2) is 5.69 Å². The van der Waals surface area contributed by atoms with Crippen LogP contribution in [-0.2, 0) is 13.1 Å². The van der Waals surface area contributed by atoms with Gasteiger partial charge in [0.1, 0.15) is 17.9 Å². The van der Waals surface area contributed by atoms with Crippen LogP contribution in [0.5, 0.6) is 0 Å². The number of hydrogen-bond acceptors (Lipinski definition) is 4. The van der Waals surface area contributed by atoms with E-state index < -0.39 is 11.6 Å². The summed E-state index contributed by atoms with van der Waals surface area (Å²) in [5.41, 5.74) is 0.613. The zero-order valence-electron chi connectivity index (χ0n) is 15.6. The van der Waals surface area contributed by atoms with E-state index in [1.54, 1.807) is 0 Å². The molecule has 0 bridgehead atoms. The molecule has 0 radical (unpaired) electrons. The molecule has 142 valence electrons. The maximum absolute atomic E-state index is 14.0. The number of aromatic nitrogens is 1. The largest absolute Gasteiger partial charge is 0.447 e. The molecule has 1 aromatic carbocycles. The molecule has 1 N–H and O–H groups in total. The Morgan fingerprint density at radius 3 is 2.62 bits per heavy atom. The van der Waals surface area contributed by atoms with Crippen LogP contribution in [0, 0.1) is 11.6 Å². The predicted octanol–water partition coefficient (Wildman–Crippen LogP) is 3.89. The molecule has 1 unspecified atom stereocenters. The summed E-state index contributed by atoms with van der Waals surface area (Å²) in [6, 6.07) is 3.69. The van der Waals surface area contributed by atoms with E-state index in [0.717, 1.165) is 12.5 Å². The highest BCUT2D eigenvalue weighted by molar-refractivity contribution is 5.92. The van der Waals surface area contributed by atoms with Crippen molar-refractivity contribution in [2.45, 2.75) is 59.3 Å². The van der Waals surface area contributed by atoms with E-state index >= 15 is 0 Å². The normalized spacial score (nSPS) is 12.6. The van der Waals surface area contributed by atoms with Crippen molar-refractivity contribution in [2.24, 2.45) is 0 Å². The fraction of sp³-hybridized carbons (Fsp3) is 0.474. The van der Waals surface area contributed by atoms with Crippen LogP contribution in [0.2, 0.25) is 0 Å². The lowest BCUT2D eigenvalue weighted by molar-refractivity contribution is 0.0938. The molecule has 2 rings (SSSR count). The van der Waals surface area contributed by atoms with Gasteiger partial charge in [0, 0.05) is 30.3 Å². The van der Waals surface area contributed by atoms with E-state index in [1.165, 1.54) is 18.4 Å². The summed E-state index contributed by atoms with van der Waals surface area (Å²) in [4.78, 5) is 18.2. The van der Waals surface area contributed by atoms with Gasteiger partial charge in [-0.1, -0.05) is 13.0 Å². The van der Waals surface area contributed by atoms with E-state index in [4.69, 9.17) is 4.42 Å². The Morgan fingerprint density at radius 2 is 2.00 bits per heavy atom. The van der Waals surface area contributed by atoms with Crippen LogP contribution in [0.3, 0.4) is 0 Å². The first kappa shape index (κ1) is 20.0. The van der Waals surface area contributed by atoms with Crippen molar-refractivity contribution in [1.29, 1.82) is 0 Å². The molecule has 1 aromatic heterocycles. The molecule has 26 heavy (non-hydrogen) atoms. The van der Waals surface area contributed by atoms with Gasteiger partial charge in [0.25, 0.3) is 5.91 Å². The number of nitrogens with one attached hydrogen (secondary N) is 1. The maximum atomic E-state index is 14.0. The fourth-order valence-electron chi connectivity index (χ4n) is 2.49. The highest BCUT2D eigenvalue weighted by Gasteiger charge is 2.20. The average molecular weight is 365 g/mol. The number of amides is 1. The standard InChI is InChI=1S/C19H25F2N3O2/c1-5-13(4)24(9-14-6-7-15(20)8-16(14)21)10-18-23-17(11-26-18)19(25)22-12(2)3/h6-8,11-13H,5,9-10H2,1-4H3,(H,22,25). The van der Waals surface area contributed by atoms with Crippen LogP contribution in [0.25, 0.3) is 0 Å². The fourth-order valence-corrected chi connectivity index (χ4v) is 2.49. The number of rotatable bonds is 8. The van der Waals surface area contributed by atoms with Gasteiger partial charge in [-0.3, -0.25) is 9.69 Å². The Hall–Kier alpha value is -2.28. The number of carbonyl (C=O) groups is 1. The van der Waals surface area contributed by atoms with Crippen LogP contribution in [0.15, 0.2) is 28.9 Å². The van der Waals surface area contributed by atoms with Gasteiger partial charge in [0.2, 0.25) is 5.89 Å². The van der Waals surface area contributed by atoms with Crippen LogP contribution in [0.4, 0.5) is 8.78 Å².